The summed E-state index contributed by atoms with van der Waals surface area (Å²) in [6.45, 7) is 1.84. The highest BCUT2D eigenvalue weighted by Gasteiger charge is 2.22. The Morgan fingerprint density at radius 1 is 1.16 bits per heavy atom. The van der Waals surface area contributed by atoms with E-state index in [0.29, 0.717) is 0 Å². The van der Waals surface area contributed by atoms with Crippen molar-refractivity contribution in [3.8, 4) is 0 Å². The van der Waals surface area contributed by atoms with E-state index in [4.69, 9.17) is 5.11 Å². The topological polar surface area (TPSA) is 76.4 Å². The number of hydrogen-bond donors (Lipinski definition) is 1. The largest absolute Gasteiger partial charge is 0.478 e. The first-order valence-electron chi connectivity index (χ1n) is 7.33. The van der Waals surface area contributed by atoms with Crippen LogP contribution in [0.4, 0.5) is 4.39 Å². The van der Waals surface area contributed by atoms with Crippen LogP contribution in [0.15, 0.2) is 59.6 Å². The summed E-state index contributed by atoms with van der Waals surface area (Å²) in [5, 5.41) is 8.83. The molecule has 3 aromatic rings. The predicted molar refractivity (Wildman–Crippen MR) is 92.3 cm³/mol. The number of aryl methyl sites for hydroxylation is 1. The second-order valence-electron chi connectivity index (χ2n) is 5.50. The van der Waals surface area contributed by atoms with E-state index in [1.165, 1.54) is 42.6 Å². The second-order valence-corrected chi connectivity index (χ2v) is 7.32. The maximum absolute atomic E-state index is 14.2. The summed E-state index contributed by atoms with van der Waals surface area (Å²) in [4.78, 5) is 10.8. The van der Waals surface area contributed by atoms with Gasteiger partial charge < -0.3 is 5.11 Å². The summed E-state index contributed by atoms with van der Waals surface area (Å²) in [5.74, 6) is -1.83. The average Bonchev–Trinajstić information content (AvgIpc) is 2.94. The summed E-state index contributed by atoms with van der Waals surface area (Å²) in [6, 6.07) is 10.4. The molecule has 0 unspecified atom stereocenters. The number of carboxylic acid groups (broad SMARTS) is 1. The van der Waals surface area contributed by atoms with Crippen LogP contribution in [0.2, 0.25) is 0 Å². The Labute approximate surface area is 143 Å². The van der Waals surface area contributed by atoms with Crippen LogP contribution >= 0.6 is 0 Å². The van der Waals surface area contributed by atoms with Gasteiger partial charge in [-0.15, -0.1) is 0 Å². The molecule has 25 heavy (non-hydrogen) atoms. The molecule has 5 nitrogen and oxygen atoms in total. The van der Waals surface area contributed by atoms with Crippen LogP contribution in [0.1, 0.15) is 11.1 Å². The Balaban J connectivity index is 2.28. The quantitative estimate of drug-likeness (QED) is 0.724. The molecule has 1 N–H and O–H groups in total. The Bertz CT molecular complexity index is 1100. The van der Waals surface area contributed by atoms with E-state index < -0.39 is 21.8 Å². The van der Waals surface area contributed by atoms with Crippen molar-refractivity contribution >= 4 is 33.0 Å². The fourth-order valence-corrected chi connectivity index (χ4v) is 3.92. The molecule has 0 bridgehead atoms. The normalized spacial score (nSPS) is 12.1. The van der Waals surface area contributed by atoms with Gasteiger partial charge >= 0.3 is 5.97 Å². The molecule has 0 atom stereocenters. The van der Waals surface area contributed by atoms with Crippen molar-refractivity contribution in [1.82, 2.24) is 3.97 Å². The van der Waals surface area contributed by atoms with E-state index in [0.717, 1.165) is 15.6 Å². The van der Waals surface area contributed by atoms with Crippen LogP contribution in [0, 0.1) is 12.7 Å². The fraction of sp³-hybridized carbons (Fsp3) is 0.0556. The number of nitrogens with zero attached hydrogens (tertiary/aromatic N) is 1. The number of carboxylic acids is 1. The van der Waals surface area contributed by atoms with Gasteiger partial charge in [0.25, 0.3) is 10.0 Å². The van der Waals surface area contributed by atoms with Crippen LogP contribution in [0.25, 0.3) is 17.0 Å². The highest BCUT2D eigenvalue weighted by molar-refractivity contribution is 7.90. The molecule has 0 radical (unpaired) electrons. The van der Waals surface area contributed by atoms with Crippen LogP contribution in [-0.2, 0) is 14.8 Å². The lowest BCUT2D eigenvalue weighted by Crippen LogP contribution is -2.11. The number of benzene rings is 2. The van der Waals surface area contributed by atoms with Crippen molar-refractivity contribution in [3.05, 3.63) is 71.7 Å². The van der Waals surface area contributed by atoms with E-state index in [-0.39, 0.29) is 21.4 Å². The number of fused-ring (bicyclic) bond motifs is 1. The van der Waals surface area contributed by atoms with Crippen LogP contribution < -0.4 is 0 Å². The molecular formula is C18H14FNO4S. The summed E-state index contributed by atoms with van der Waals surface area (Å²) in [6.07, 6.45) is 3.24. The minimum atomic E-state index is -3.95. The number of aromatic nitrogens is 1. The minimum Gasteiger partial charge on any atom is -0.478 e. The molecule has 1 heterocycles. The molecular weight excluding hydrogens is 345 g/mol. The van der Waals surface area contributed by atoms with Crippen molar-refractivity contribution in [2.24, 2.45) is 0 Å². The molecule has 0 aliphatic carbocycles. The first-order chi connectivity index (χ1) is 11.8. The minimum absolute atomic E-state index is 0.0516. The predicted octanol–water partition coefficient (Wildman–Crippen LogP) is 3.42. The van der Waals surface area contributed by atoms with E-state index in [2.05, 4.69) is 0 Å². The number of halogens is 1. The summed E-state index contributed by atoms with van der Waals surface area (Å²) < 4.78 is 41.1. The smallest absolute Gasteiger partial charge is 0.328 e. The van der Waals surface area contributed by atoms with Crippen molar-refractivity contribution in [2.45, 2.75) is 11.8 Å². The molecule has 0 amide bonds. The fourth-order valence-electron chi connectivity index (χ4n) is 2.55. The third-order valence-corrected chi connectivity index (χ3v) is 5.45. The van der Waals surface area contributed by atoms with Gasteiger partial charge in [-0.2, -0.15) is 0 Å². The van der Waals surface area contributed by atoms with Gasteiger partial charge in [-0.05, 0) is 37.3 Å². The van der Waals surface area contributed by atoms with Crippen LogP contribution in [-0.4, -0.2) is 23.5 Å². The SMILES string of the molecule is Cc1ccc(S(=O)(=O)n2cc(/C=C/C(=O)O)c3c(F)cccc32)cc1. The first kappa shape index (κ1) is 16.9. The Kier molecular flexibility index (Phi) is 4.18. The monoisotopic (exact) mass is 359 g/mol. The lowest BCUT2D eigenvalue weighted by molar-refractivity contribution is -0.131. The summed E-state index contributed by atoms with van der Waals surface area (Å²) >= 11 is 0. The van der Waals surface area contributed by atoms with E-state index in [9.17, 15) is 17.6 Å². The Morgan fingerprint density at radius 2 is 1.84 bits per heavy atom. The van der Waals surface area contributed by atoms with Crippen LogP contribution in [0.5, 0.6) is 0 Å². The van der Waals surface area contributed by atoms with Gasteiger partial charge in [0.15, 0.2) is 0 Å². The van der Waals surface area contributed by atoms with Gasteiger partial charge in [0.2, 0.25) is 0 Å². The van der Waals surface area contributed by atoms with Crippen molar-refractivity contribution in [2.75, 3.05) is 0 Å². The Morgan fingerprint density at radius 3 is 2.48 bits per heavy atom. The lowest BCUT2D eigenvalue weighted by atomic mass is 10.1. The maximum Gasteiger partial charge on any atom is 0.328 e. The van der Waals surface area contributed by atoms with Gasteiger partial charge in [0, 0.05) is 23.2 Å². The first-order valence-corrected chi connectivity index (χ1v) is 8.77. The van der Waals surface area contributed by atoms with Crippen molar-refractivity contribution in [1.29, 1.82) is 0 Å². The third kappa shape index (κ3) is 3.06. The lowest BCUT2D eigenvalue weighted by Gasteiger charge is -2.07. The number of aliphatic carboxylic acids is 1. The highest BCUT2D eigenvalue weighted by atomic mass is 32.2. The molecule has 0 fully saturated rings. The zero-order valence-electron chi connectivity index (χ0n) is 13.2. The van der Waals surface area contributed by atoms with E-state index in [1.807, 2.05) is 6.92 Å². The average molecular weight is 359 g/mol. The second kappa shape index (κ2) is 6.18. The molecule has 0 saturated carbocycles. The van der Waals surface area contributed by atoms with E-state index in [1.54, 1.807) is 12.1 Å². The molecule has 2 aromatic carbocycles. The molecule has 0 aliphatic heterocycles. The zero-order chi connectivity index (χ0) is 18.2. The molecule has 3 rings (SSSR count). The number of rotatable bonds is 4. The highest BCUT2D eigenvalue weighted by Crippen LogP contribution is 2.29. The third-order valence-electron chi connectivity index (χ3n) is 3.76. The molecule has 0 spiro atoms. The van der Waals surface area contributed by atoms with Crippen LogP contribution in [0.3, 0.4) is 0 Å². The number of carbonyl (C=O) groups is 1. The maximum atomic E-state index is 14.2. The molecule has 0 saturated heterocycles. The Hall–Kier alpha value is -2.93. The molecule has 0 aliphatic rings. The summed E-state index contributed by atoms with van der Waals surface area (Å²) in [7, 11) is -3.95. The standard InChI is InChI=1S/C18H14FNO4S/c1-12-5-8-14(9-6-12)25(23,24)20-11-13(7-10-17(21)22)18-15(19)3-2-4-16(18)20/h2-11H,1H3,(H,21,22)/b10-7+. The van der Waals surface area contributed by atoms with Crippen molar-refractivity contribution < 1.29 is 22.7 Å². The molecule has 7 heteroatoms. The van der Waals surface area contributed by atoms with Gasteiger partial charge in [-0.1, -0.05) is 23.8 Å². The van der Waals surface area contributed by atoms with Gasteiger partial charge in [-0.25, -0.2) is 21.6 Å². The van der Waals surface area contributed by atoms with Crippen molar-refractivity contribution in [3.63, 3.8) is 0 Å². The molecule has 128 valence electrons. The van der Waals surface area contributed by atoms with E-state index >= 15 is 0 Å². The van der Waals surface area contributed by atoms with Gasteiger partial charge in [-0.3, -0.25) is 0 Å². The van der Waals surface area contributed by atoms with Gasteiger partial charge in [0.1, 0.15) is 5.82 Å². The number of hydrogen-bond acceptors (Lipinski definition) is 3. The van der Waals surface area contributed by atoms with Gasteiger partial charge in [0.05, 0.1) is 10.4 Å². The zero-order valence-corrected chi connectivity index (χ0v) is 14.0. The molecule has 1 aromatic heterocycles. The summed E-state index contributed by atoms with van der Waals surface area (Å²) in [5.41, 5.74) is 1.23.